The lowest BCUT2D eigenvalue weighted by atomic mass is 9.98. The average molecular weight is 981 g/mol. The van der Waals surface area contributed by atoms with Gasteiger partial charge < -0.3 is 50.5 Å². The molecule has 8 N–H and O–H groups in total. The van der Waals surface area contributed by atoms with Crippen LogP contribution in [0.25, 0.3) is 0 Å². The van der Waals surface area contributed by atoms with Crippen molar-refractivity contribution in [2.75, 3.05) is 13.2 Å². The van der Waals surface area contributed by atoms with Crippen molar-refractivity contribution in [3.8, 4) is 0 Å². The quantitative estimate of drug-likeness (QED) is 0.0215. The molecule has 0 radical (unpaired) electrons. The van der Waals surface area contributed by atoms with Crippen molar-refractivity contribution in [1.29, 1.82) is 0 Å². The molecule has 9 unspecified atom stereocenters. The van der Waals surface area contributed by atoms with Crippen LogP contribution in [0.15, 0.2) is 36.5 Å². The van der Waals surface area contributed by atoms with Crippen LogP contribution < -0.4 is 5.32 Å². The Morgan fingerprint density at radius 1 is 0.493 bits per heavy atom. The van der Waals surface area contributed by atoms with Crippen LogP contribution >= 0.6 is 0 Å². The molecule has 11 nitrogen and oxygen atoms in total. The van der Waals surface area contributed by atoms with E-state index in [4.69, 9.17) is 9.47 Å². The first kappa shape index (κ1) is 65.3. The van der Waals surface area contributed by atoms with Crippen LogP contribution in [0.2, 0.25) is 0 Å². The van der Waals surface area contributed by atoms with Gasteiger partial charge >= 0.3 is 0 Å². The molecule has 1 fully saturated rings. The Morgan fingerprint density at radius 2 is 0.870 bits per heavy atom. The molecule has 0 aromatic heterocycles. The Labute approximate surface area is 422 Å². The summed E-state index contributed by atoms with van der Waals surface area (Å²) in [5.41, 5.74) is 0. The lowest BCUT2D eigenvalue weighted by Gasteiger charge is -2.40. The van der Waals surface area contributed by atoms with Crippen molar-refractivity contribution in [2.45, 2.75) is 313 Å². The number of aliphatic hydroxyl groups is 7. The molecule has 1 amide bonds. The van der Waals surface area contributed by atoms with E-state index in [0.717, 1.165) is 38.5 Å². The predicted octanol–water partition coefficient (Wildman–Crippen LogP) is 11.9. The summed E-state index contributed by atoms with van der Waals surface area (Å²) in [5, 5.41) is 75.9. The van der Waals surface area contributed by atoms with Gasteiger partial charge in [-0.3, -0.25) is 4.79 Å². The number of ether oxygens (including phenoxy) is 2. The van der Waals surface area contributed by atoms with Crippen LogP contribution in [0, 0.1) is 0 Å². The molecule has 1 aliphatic heterocycles. The van der Waals surface area contributed by atoms with Crippen LogP contribution in [0.3, 0.4) is 0 Å². The molecule has 1 rings (SSSR count). The van der Waals surface area contributed by atoms with E-state index in [1.54, 1.807) is 0 Å². The molecule has 69 heavy (non-hydrogen) atoms. The summed E-state index contributed by atoms with van der Waals surface area (Å²) < 4.78 is 11.1. The number of unbranched alkanes of at least 4 members (excludes halogenated alkanes) is 31. The van der Waals surface area contributed by atoms with E-state index in [2.05, 4.69) is 55.6 Å². The van der Waals surface area contributed by atoms with Gasteiger partial charge in [-0.2, -0.15) is 0 Å². The first-order valence-electron chi connectivity index (χ1n) is 28.9. The van der Waals surface area contributed by atoms with E-state index in [1.165, 1.54) is 173 Å². The van der Waals surface area contributed by atoms with Gasteiger partial charge in [0.15, 0.2) is 6.29 Å². The third-order valence-electron chi connectivity index (χ3n) is 13.9. The van der Waals surface area contributed by atoms with Gasteiger partial charge in [0.25, 0.3) is 0 Å². The van der Waals surface area contributed by atoms with Gasteiger partial charge in [0, 0.05) is 0 Å². The number of carbonyl (C=O) groups is 1. The van der Waals surface area contributed by atoms with Crippen LogP contribution in [0.1, 0.15) is 258 Å². The van der Waals surface area contributed by atoms with Crippen molar-refractivity contribution >= 4 is 5.91 Å². The maximum Gasteiger partial charge on any atom is 0.249 e. The standard InChI is InChI=1S/C58H109NO10/c1-3-5-7-9-11-13-15-17-18-19-20-21-22-23-24-25-26-27-28-29-30-31-32-34-36-38-40-42-44-46-51(62)57(67)59-49(48-68-58-56(66)55(65)54(64)52(47-60)69-58)53(63)50(61)45-43-41-39-37-35-33-16-14-12-10-8-6-4-2/h14,16,23-24,37,39,49-56,58,60-66H,3-13,15,17-22,25-36,38,40-48H2,1-2H3,(H,59,67)/b16-14+,24-23-,39-37+. The number of rotatable bonds is 49. The lowest BCUT2D eigenvalue weighted by molar-refractivity contribution is -0.303. The van der Waals surface area contributed by atoms with E-state index in [1.807, 2.05) is 0 Å². The Balaban J connectivity index is 2.25. The van der Waals surface area contributed by atoms with Crippen molar-refractivity contribution < 1.29 is 50.0 Å². The summed E-state index contributed by atoms with van der Waals surface area (Å²) >= 11 is 0. The van der Waals surface area contributed by atoms with E-state index < -0.39 is 74.2 Å². The van der Waals surface area contributed by atoms with E-state index in [-0.39, 0.29) is 12.8 Å². The molecule has 0 aromatic rings. The highest BCUT2D eigenvalue weighted by atomic mass is 16.7. The van der Waals surface area contributed by atoms with Gasteiger partial charge in [0.1, 0.15) is 36.6 Å². The largest absolute Gasteiger partial charge is 0.394 e. The molecule has 0 spiro atoms. The zero-order valence-corrected chi connectivity index (χ0v) is 44.3. The minimum absolute atomic E-state index is 0.246. The summed E-state index contributed by atoms with van der Waals surface area (Å²) in [4.78, 5) is 13.2. The van der Waals surface area contributed by atoms with Gasteiger partial charge in [0.05, 0.1) is 25.4 Å². The number of nitrogens with one attached hydrogen (secondary N) is 1. The highest BCUT2D eigenvalue weighted by Gasteiger charge is 2.44. The molecule has 0 aromatic carbocycles. The van der Waals surface area contributed by atoms with Gasteiger partial charge in [-0.15, -0.1) is 0 Å². The molecule has 0 bridgehead atoms. The smallest absolute Gasteiger partial charge is 0.249 e. The van der Waals surface area contributed by atoms with Gasteiger partial charge in [-0.05, 0) is 77.0 Å². The van der Waals surface area contributed by atoms with Crippen LogP contribution in [-0.2, 0) is 14.3 Å². The second-order valence-electron chi connectivity index (χ2n) is 20.3. The molecule has 9 atom stereocenters. The first-order chi connectivity index (χ1) is 33.7. The highest BCUT2D eigenvalue weighted by Crippen LogP contribution is 2.23. The minimum Gasteiger partial charge on any atom is -0.394 e. The predicted molar refractivity (Wildman–Crippen MR) is 284 cm³/mol. The molecule has 1 saturated heterocycles. The normalized spacial score (nSPS) is 20.6. The Morgan fingerprint density at radius 3 is 1.30 bits per heavy atom. The summed E-state index contributed by atoms with van der Waals surface area (Å²) in [6, 6.07) is -1.19. The first-order valence-corrected chi connectivity index (χ1v) is 28.9. The third-order valence-corrected chi connectivity index (χ3v) is 13.9. The number of carbonyl (C=O) groups excluding carboxylic acids is 1. The zero-order chi connectivity index (χ0) is 50.4. The molecule has 1 heterocycles. The molecule has 1 aliphatic rings. The Kier molecular flexibility index (Phi) is 44.8. The fourth-order valence-electron chi connectivity index (χ4n) is 9.16. The van der Waals surface area contributed by atoms with Crippen LogP contribution in [0.5, 0.6) is 0 Å². The van der Waals surface area contributed by atoms with Crippen molar-refractivity contribution in [3.05, 3.63) is 36.5 Å². The monoisotopic (exact) mass is 980 g/mol. The summed E-state index contributed by atoms with van der Waals surface area (Å²) in [6.45, 7) is 3.42. The molecular weight excluding hydrogens is 871 g/mol. The van der Waals surface area contributed by atoms with E-state index in [0.29, 0.717) is 19.3 Å². The summed E-state index contributed by atoms with van der Waals surface area (Å²) in [7, 11) is 0. The highest BCUT2D eigenvalue weighted by molar-refractivity contribution is 5.80. The lowest BCUT2D eigenvalue weighted by Crippen LogP contribution is -2.60. The van der Waals surface area contributed by atoms with Gasteiger partial charge in [-0.25, -0.2) is 0 Å². The summed E-state index contributed by atoms with van der Waals surface area (Å²) in [5.74, 6) is -0.710. The molecule has 11 heteroatoms. The third kappa shape index (κ3) is 36.0. The van der Waals surface area contributed by atoms with E-state index in [9.17, 15) is 40.5 Å². The molecular formula is C58H109NO10. The van der Waals surface area contributed by atoms with Gasteiger partial charge in [-0.1, -0.05) is 217 Å². The fraction of sp³-hybridized carbons (Fsp3) is 0.879. The van der Waals surface area contributed by atoms with Crippen molar-refractivity contribution in [2.24, 2.45) is 0 Å². The molecule has 0 saturated carbocycles. The number of hydrogen-bond acceptors (Lipinski definition) is 10. The maximum absolute atomic E-state index is 13.2. The summed E-state index contributed by atoms with van der Waals surface area (Å²) in [6.07, 6.45) is 46.5. The SMILES string of the molecule is CCCCCC/C=C/CC/C=C/CCCC(O)C(O)C(COC1OC(CO)C(O)C(O)C1O)NC(=O)C(O)CCCCCCCCCCCCCCC/C=C\CCCCCCCCCCCCCC. The molecule has 0 aliphatic carbocycles. The topological polar surface area (TPSA) is 189 Å². The minimum atomic E-state index is -1.67. The van der Waals surface area contributed by atoms with E-state index >= 15 is 0 Å². The number of aliphatic hydroxyl groups excluding tert-OH is 7. The Bertz CT molecular complexity index is 1210. The van der Waals surface area contributed by atoms with Gasteiger partial charge in [0.2, 0.25) is 5.91 Å². The van der Waals surface area contributed by atoms with Crippen molar-refractivity contribution in [1.82, 2.24) is 5.32 Å². The number of allylic oxidation sites excluding steroid dienone is 6. The second kappa shape index (κ2) is 47.3. The van der Waals surface area contributed by atoms with Crippen LogP contribution in [0.4, 0.5) is 0 Å². The molecule has 406 valence electrons. The van der Waals surface area contributed by atoms with Crippen molar-refractivity contribution in [3.63, 3.8) is 0 Å². The number of hydrogen-bond donors (Lipinski definition) is 8. The number of amides is 1. The fourth-order valence-corrected chi connectivity index (χ4v) is 9.16. The zero-order valence-electron chi connectivity index (χ0n) is 44.3. The second-order valence-corrected chi connectivity index (χ2v) is 20.3. The Hall–Kier alpha value is -1.67. The van der Waals surface area contributed by atoms with Crippen LogP contribution in [-0.4, -0.2) is 110 Å². The average Bonchev–Trinajstić information content (AvgIpc) is 3.35. The maximum atomic E-state index is 13.2.